The first-order chi connectivity index (χ1) is 24.8. The molecule has 0 spiro atoms. The number of para-hydroxylation sites is 1. The average Bonchev–Trinajstić information content (AvgIpc) is 3.21. The van der Waals surface area contributed by atoms with Crippen molar-refractivity contribution in [2.45, 2.75) is 0 Å². The lowest BCUT2D eigenvalue weighted by atomic mass is 9.91. The molecule has 9 rings (SSSR count). The molecule has 234 valence electrons. The molecule has 3 nitrogen and oxygen atoms in total. The van der Waals surface area contributed by atoms with Crippen LogP contribution in [0, 0.1) is 0 Å². The first kappa shape index (κ1) is 29.4. The Morgan fingerprint density at radius 1 is 0.320 bits per heavy atom. The third-order valence-corrected chi connectivity index (χ3v) is 9.36. The standard InChI is InChI=1S/C47H31N3/c1-3-11-35(12-4-1)45-30-46(36-13-5-2-6-14-36)50-47(49-45)37-25-23-34(24-26-37)41-28-27-40(42-16-8-9-17-43(41)42)33-21-19-32(20-22-33)39-29-38-15-7-10-18-44(38)48-31-39/h1-31H. The molecule has 0 amide bonds. The average molecular weight is 638 g/mol. The van der Waals surface area contributed by atoms with Gasteiger partial charge < -0.3 is 0 Å². The molecule has 0 bridgehead atoms. The van der Waals surface area contributed by atoms with Gasteiger partial charge in [0.25, 0.3) is 0 Å². The van der Waals surface area contributed by atoms with Crippen molar-refractivity contribution in [1.29, 1.82) is 0 Å². The Bertz CT molecular complexity index is 2550. The molecule has 0 N–H and O–H groups in total. The minimum atomic E-state index is 0.708. The second kappa shape index (κ2) is 12.7. The highest BCUT2D eigenvalue weighted by molar-refractivity contribution is 6.05. The van der Waals surface area contributed by atoms with Crippen LogP contribution in [0.15, 0.2) is 188 Å². The van der Waals surface area contributed by atoms with E-state index in [0.717, 1.165) is 55.7 Å². The van der Waals surface area contributed by atoms with Gasteiger partial charge in [0.15, 0.2) is 5.82 Å². The fraction of sp³-hybridized carbons (Fsp3) is 0. The highest BCUT2D eigenvalue weighted by atomic mass is 14.9. The maximum absolute atomic E-state index is 5.02. The van der Waals surface area contributed by atoms with Crippen LogP contribution in [-0.4, -0.2) is 15.0 Å². The fourth-order valence-corrected chi connectivity index (χ4v) is 6.76. The summed E-state index contributed by atoms with van der Waals surface area (Å²) in [4.78, 5) is 14.7. The molecular formula is C47H31N3. The van der Waals surface area contributed by atoms with Crippen LogP contribution in [0.5, 0.6) is 0 Å². The molecule has 3 heteroatoms. The maximum Gasteiger partial charge on any atom is 0.160 e. The van der Waals surface area contributed by atoms with E-state index in [4.69, 9.17) is 9.97 Å². The molecule has 0 aliphatic carbocycles. The molecule has 0 unspecified atom stereocenters. The molecule has 50 heavy (non-hydrogen) atoms. The van der Waals surface area contributed by atoms with Crippen molar-refractivity contribution in [1.82, 2.24) is 15.0 Å². The number of rotatable bonds is 6. The summed E-state index contributed by atoms with van der Waals surface area (Å²) >= 11 is 0. The van der Waals surface area contributed by atoms with E-state index in [1.165, 1.54) is 27.5 Å². The zero-order valence-electron chi connectivity index (χ0n) is 27.2. The lowest BCUT2D eigenvalue weighted by Gasteiger charge is -2.13. The number of pyridine rings is 1. The Morgan fingerprint density at radius 2 is 0.800 bits per heavy atom. The normalized spacial score (nSPS) is 11.2. The van der Waals surface area contributed by atoms with Crippen molar-refractivity contribution in [3.8, 4) is 67.3 Å². The van der Waals surface area contributed by atoms with E-state index >= 15 is 0 Å². The Kier molecular flexibility index (Phi) is 7.49. The van der Waals surface area contributed by atoms with Gasteiger partial charge in [-0.3, -0.25) is 4.98 Å². The van der Waals surface area contributed by atoms with Gasteiger partial charge in [0.2, 0.25) is 0 Å². The van der Waals surface area contributed by atoms with Gasteiger partial charge in [-0.05, 0) is 56.8 Å². The van der Waals surface area contributed by atoms with Gasteiger partial charge in [0.05, 0.1) is 16.9 Å². The summed E-state index contributed by atoms with van der Waals surface area (Å²) in [5.74, 6) is 0.708. The molecule has 2 heterocycles. The van der Waals surface area contributed by atoms with Crippen LogP contribution in [0.4, 0.5) is 0 Å². The van der Waals surface area contributed by atoms with Crippen molar-refractivity contribution in [2.75, 3.05) is 0 Å². The van der Waals surface area contributed by atoms with E-state index in [1.54, 1.807) is 0 Å². The zero-order chi connectivity index (χ0) is 33.3. The minimum Gasteiger partial charge on any atom is -0.256 e. The Balaban J connectivity index is 1.06. The number of fused-ring (bicyclic) bond motifs is 2. The Morgan fingerprint density at radius 3 is 1.38 bits per heavy atom. The van der Waals surface area contributed by atoms with E-state index in [0.29, 0.717) is 5.82 Å². The maximum atomic E-state index is 5.02. The molecule has 0 saturated heterocycles. The molecule has 0 radical (unpaired) electrons. The highest BCUT2D eigenvalue weighted by Gasteiger charge is 2.13. The highest BCUT2D eigenvalue weighted by Crippen LogP contribution is 2.37. The van der Waals surface area contributed by atoms with Crippen LogP contribution >= 0.6 is 0 Å². The molecule has 0 fully saturated rings. The molecular weight excluding hydrogens is 607 g/mol. The number of hydrogen-bond donors (Lipinski definition) is 0. The summed E-state index contributed by atoms with van der Waals surface area (Å²) in [6.07, 6.45) is 1.96. The first-order valence-electron chi connectivity index (χ1n) is 16.8. The van der Waals surface area contributed by atoms with Crippen LogP contribution in [-0.2, 0) is 0 Å². The molecule has 0 saturated carbocycles. The lowest BCUT2D eigenvalue weighted by Crippen LogP contribution is -1.96. The van der Waals surface area contributed by atoms with Crippen LogP contribution in [0.25, 0.3) is 89.0 Å². The van der Waals surface area contributed by atoms with Crippen LogP contribution in [0.3, 0.4) is 0 Å². The van der Waals surface area contributed by atoms with Crippen molar-refractivity contribution in [3.63, 3.8) is 0 Å². The number of aromatic nitrogens is 3. The number of hydrogen-bond acceptors (Lipinski definition) is 3. The van der Waals surface area contributed by atoms with Crippen molar-refractivity contribution in [3.05, 3.63) is 188 Å². The van der Waals surface area contributed by atoms with Gasteiger partial charge in [-0.25, -0.2) is 9.97 Å². The van der Waals surface area contributed by atoms with Gasteiger partial charge >= 0.3 is 0 Å². The van der Waals surface area contributed by atoms with Crippen molar-refractivity contribution in [2.24, 2.45) is 0 Å². The third kappa shape index (κ3) is 5.61. The molecule has 0 atom stereocenters. The first-order valence-corrected chi connectivity index (χ1v) is 16.8. The van der Waals surface area contributed by atoms with Gasteiger partial charge in [-0.1, -0.05) is 164 Å². The summed E-state index contributed by atoms with van der Waals surface area (Å²) < 4.78 is 0. The lowest BCUT2D eigenvalue weighted by molar-refractivity contribution is 1.18. The number of benzene rings is 7. The molecule has 2 aromatic heterocycles. The van der Waals surface area contributed by atoms with Crippen LogP contribution in [0.2, 0.25) is 0 Å². The van der Waals surface area contributed by atoms with E-state index in [1.807, 2.05) is 54.7 Å². The zero-order valence-corrected chi connectivity index (χ0v) is 27.2. The second-order valence-corrected chi connectivity index (χ2v) is 12.5. The van der Waals surface area contributed by atoms with Gasteiger partial charge in [-0.2, -0.15) is 0 Å². The van der Waals surface area contributed by atoms with E-state index < -0.39 is 0 Å². The molecule has 7 aromatic carbocycles. The fourth-order valence-electron chi connectivity index (χ4n) is 6.76. The predicted molar refractivity (Wildman–Crippen MR) is 207 cm³/mol. The summed E-state index contributed by atoms with van der Waals surface area (Å²) in [6.45, 7) is 0. The van der Waals surface area contributed by atoms with Crippen LogP contribution in [0.1, 0.15) is 0 Å². The predicted octanol–water partition coefficient (Wildman–Crippen LogP) is 12.2. The van der Waals surface area contributed by atoms with Gasteiger partial charge in [-0.15, -0.1) is 0 Å². The Hall–Kier alpha value is -6.71. The minimum absolute atomic E-state index is 0.708. The molecule has 9 aromatic rings. The van der Waals surface area contributed by atoms with E-state index in [9.17, 15) is 0 Å². The monoisotopic (exact) mass is 637 g/mol. The summed E-state index contributed by atoms with van der Waals surface area (Å²) in [7, 11) is 0. The molecule has 0 aliphatic rings. The topological polar surface area (TPSA) is 38.7 Å². The summed E-state index contributed by atoms with van der Waals surface area (Å²) in [6, 6.07) is 63.8. The van der Waals surface area contributed by atoms with Crippen molar-refractivity contribution < 1.29 is 0 Å². The quantitative estimate of drug-likeness (QED) is 0.182. The van der Waals surface area contributed by atoms with Crippen LogP contribution < -0.4 is 0 Å². The van der Waals surface area contributed by atoms with Gasteiger partial charge in [0.1, 0.15) is 0 Å². The van der Waals surface area contributed by atoms with E-state index in [-0.39, 0.29) is 0 Å². The number of nitrogens with zero attached hydrogens (tertiary/aromatic N) is 3. The van der Waals surface area contributed by atoms with E-state index in [2.05, 4.69) is 138 Å². The Labute approximate surface area is 291 Å². The largest absolute Gasteiger partial charge is 0.256 e. The SMILES string of the molecule is c1ccc(-c2cc(-c3ccccc3)nc(-c3ccc(-c4ccc(-c5ccc(-c6cnc7ccccc7c6)cc5)c5ccccc45)cc3)n2)cc1. The smallest absolute Gasteiger partial charge is 0.160 e. The third-order valence-electron chi connectivity index (χ3n) is 9.36. The summed E-state index contributed by atoms with van der Waals surface area (Å²) in [5, 5.41) is 3.59. The van der Waals surface area contributed by atoms with Crippen molar-refractivity contribution >= 4 is 21.7 Å². The molecule has 0 aliphatic heterocycles. The summed E-state index contributed by atoms with van der Waals surface area (Å²) in [5.41, 5.74) is 12.9. The second-order valence-electron chi connectivity index (χ2n) is 12.5. The van der Waals surface area contributed by atoms with Gasteiger partial charge in [0, 0.05) is 33.8 Å².